The Morgan fingerprint density at radius 1 is 0.407 bits per heavy atom. The summed E-state index contributed by atoms with van der Waals surface area (Å²) in [7, 11) is 0. The van der Waals surface area contributed by atoms with Gasteiger partial charge in [-0.05, 0) is 57.6 Å². The van der Waals surface area contributed by atoms with Gasteiger partial charge < -0.3 is 0 Å². The molecule has 0 amide bonds. The molecule has 0 bridgehead atoms. The summed E-state index contributed by atoms with van der Waals surface area (Å²) in [6.45, 7) is 0. The third kappa shape index (κ3) is 4.49. The molecule has 11 aromatic rings. The van der Waals surface area contributed by atoms with E-state index in [1.54, 1.807) is 0 Å². The summed E-state index contributed by atoms with van der Waals surface area (Å²) < 4.78 is 4.06. The summed E-state index contributed by atoms with van der Waals surface area (Å²) >= 11 is 0. The first-order chi connectivity index (χ1) is 26.7. The average Bonchev–Trinajstić information content (AvgIpc) is 3.58. The van der Waals surface area contributed by atoms with Crippen molar-refractivity contribution in [2.75, 3.05) is 0 Å². The van der Waals surface area contributed by atoms with E-state index >= 15 is 4.79 Å². The zero-order chi connectivity index (χ0) is 35.8. The molecule has 0 saturated heterocycles. The second kappa shape index (κ2) is 11.8. The predicted octanol–water partition coefficient (Wildman–Crippen LogP) is 11.7. The number of nitrogens with zero attached hydrogens (tertiary/aromatic N) is 4. The van der Waals surface area contributed by atoms with Crippen molar-refractivity contribution in [3.8, 4) is 34.0 Å². The maximum atomic E-state index is 15.1. The number of rotatable bonds is 4. The normalized spacial score (nSPS) is 11.8. The van der Waals surface area contributed by atoms with Gasteiger partial charge in [0.2, 0.25) is 5.95 Å². The molecular formula is C49H30N4O. The van der Waals surface area contributed by atoms with Crippen molar-refractivity contribution in [1.29, 1.82) is 0 Å². The summed E-state index contributed by atoms with van der Waals surface area (Å²) in [5.74, 6) is 0.540. The van der Waals surface area contributed by atoms with E-state index in [0.29, 0.717) is 11.3 Å². The van der Waals surface area contributed by atoms with Crippen LogP contribution in [0.4, 0.5) is 0 Å². The molecule has 5 nitrogen and oxygen atoms in total. The molecule has 3 heterocycles. The molecule has 0 aliphatic heterocycles. The van der Waals surface area contributed by atoms with Crippen LogP contribution in [0.3, 0.4) is 0 Å². The Morgan fingerprint density at radius 3 is 1.85 bits per heavy atom. The fraction of sp³-hybridized carbons (Fsp3) is 0. The molecule has 0 fully saturated rings. The highest BCUT2D eigenvalue weighted by molar-refractivity contribution is 6.24. The minimum Gasteiger partial charge on any atom is -0.276 e. The number of pyridine rings is 1. The first-order valence-corrected chi connectivity index (χ1v) is 18.1. The van der Waals surface area contributed by atoms with Crippen molar-refractivity contribution in [2.45, 2.75) is 0 Å². The quantitative estimate of drug-likeness (QED) is 0.173. The van der Waals surface area contributed by atoms with Crippen LogP contribution in [0.1, 0.15) is 0 Å². The predicted molar refractivity (Wildman–Crippen MR) is 223 cm³/mol. The zero-order valence-corrected chi connectivity index (χ0v) is 29.0. The molecule has 0 N–H and O–H groups in total. The molecule has 5 heteroatoms. The van der Waals surface area contributed by atoms with Gasteiger partial charge in [0.05, 0.1) is 33.1 Å². The molecule has 8 aromatic carbocycles. The highest BCUT2D eigenvalue weighted by Crippen LogP contribution is 2.40. The molecule has 0 radical (unpaired) electrons. The minimum absolute atomic E-state index is 0.0670. The molecule has 0 unspecified atom stereocenters. The van der Waals surface area contributed by atoms with E-state index in [1.807, 2.05) is 71.3 Å². The molecule has 252 valence electrons. The minimum atomic E-state index is -0.0670. The van der Waals surface area contributed by atoms with Crippen molar-refractivity contribution >= 4 is 65.2 Å². The Kier molecular flexibility index (Phi) is 6.64. The largest absolute Gasteiger partial charge is 0.276 e. The Labute approximate surface area is 309 Å². The van der Waals surface area contributed by atoms with E-state index in [4.69, 9.17) is 9.97 Å². The van der Waals surface area contributed by atoms with Crippen LogP contribution in [0, 0.1) is 0 Å². The highest BCUT2D eigenvalue weighted by Gasteiger charge is 2.23. The summed E-state index contributed by atoms with van der Waals surface area (Å²) in [6, 6.07) is 62.2. The van der Waals surface area contributed by atoms with Gasteiger partial charge in [0.15, 0.2) is 0 Å². The van der Waals surface area contributed by atoms with Crippen LogP contribution in [-0.2, 0) is 0 Å². The number of aromatic nitrogens is 4. The van der Waals surface area contributed by atoms with Gasteiger partial charge in [0.1, 0.15) is 0 Å². The van der Waals surface area contributed by atoms with Crippen LogP contribution < -0.4 is 5.56 Å². The summed E-state index contributed by atoms with van der Waals surface area (Å²) in [5, 5.41) is 7.61. The van der Waals surface area contributed by atoms with E-state index in [0.717, 1.165) is 87.8 Å². The van der Waals surface area contributed by atoms with Crippen LogP contribution in [-0.4, -0.2) is 19.1 Å². The van der Waals surface area contributed by atoms with Gasteiger partial charge in [-0.1, -0.05) is 152 Å². The second-order valence-electron chi connectivity index (χ2n) is 13.7. The lowest BCUT2D eigenvalue weighted by Crippen LogP contribution is -2.20. The molecule has 0 spiro atoms. The molecule has 0 atom stereocenters. The standard InChI is InChI=1S/C49H30N4O/c54-48-44-36-21-8-7-16-32(36)26-27-38(44)40-29-28-39-37-22-10-12-25-43(37)53(47(39)46(40)52(48)35-19-5-2-6-20-35)49-50-42-24-11-9-23-41(42)45(51-49)34-18-13-17-33(30-34)31-14-3-1-4-15-31/h1-30H. The second-order valence-corrected chi connectivity index (χ2v) is 13.7. The van der Waals surface area contributed by atoms with Gasteiger partial charge in [-0.3, -0.25) is 13.9 Å². The fourth-order valence-corrected chi connectivity index (χ4v) is 8.32. The van der Waals surface area contributed by atoms with Crippen LogP contribution in [0.15, 0.2) is 187 Å². The maximum absolute atomic E-state index is 15.1. The maximum Gasteiger partial charge on any atom is 0.264 e. The van der Waals surface area contributed by atoms with E-state index < -0.39 is 0 Å². The molecule has 11 rings (SSSR count). The summed E-state index contributed by atoms with van der Waals surface area (Å²) in [4.78, 5) is 25.9. The van der Waals surface area contributed by atoms with E-state index in [9.17, 15) is 0 Å². The highest BCUT2D eigenvalue weighted by atomic mass is 16.1. The van der Waals surface area contributed by atoms with Gasteiger partial charge in [-0.25, -0.2) is 9.97 Å². The van der Waals surface area contributed by atoms with Crippen molar-refractivity contribution < 1.29 is 0 Å². The van der Waals surface area contributed by atoms with Crippen LogP contribution in [0.2, 0.25) is 0 Å². The Morgan fingerprint density at radius 2 is 1.02 bits per heavy atom. The Hall–Kier alpha value is -7.37. The Bertz CT molecular complexity index is 3350. The third-order valence-corrected chi connectivity index (χ3v) is 10.7. The Balaban J connectivity index is 1.31. The summed E-state index contributed by atoms with van der Waals surface area (Å²) in [5.41, 5.74) is 8.33. The number of hydrogen-bond acceptors (Lipinski definition) is 3. The van der Waals surface area contributed by atoms with Gasteiger partial charge in [0, 0.05) is 32.8 Å². The first-order valence-electron chi connectivity index (χ1n) is 18.1. The van der Waals surface area contributed by atoms with Crippen molar-refractivity contribution in [1.82, 2.24) is 19.1 Å². The van der Waals surface area contributed by atoms with E-state index in [-0.39, 0.29) is 5.56 Å². The third-order valence-electron chi connectivity index (χ3n) is 10.7. The molecule has 0 aliphatic rings. The van der Waals surface area contributed by atoms with Gasteiger partial charge >= 0.3 is 0 Å². The first kappa shape index (κ1) is 30.3. The molecule has 0 saturated carbocycles. The molecular weight excluding hydrogens is 661 g/mol. The lowest BCUT2D eigenvalue weighted by atomic mass is 9.98. The smallest absolute Gasteiger partial charge is 0.264 e. The lowest BCUT2D eigenvalue weighted by Gasteiger charge is -2.18. The number of benzene rings is 8. The van der Waals surface area contributed by atoms with Gasteiger partial charge in [-0.15, -0.1) is 0 Å². The average molecular weight is 691 g/mol. The molecule has 0 aliphatic carbocycles. The topological polar surface area (TPSA) is 52.7 Å². The SMILES string of the molecule is O=c1c2c3ccccc3ccc2c2ccc3c4ccccc4n(-c4nc(-c5cccc(-c6ccccc6)c5)c5ccccc5n4)c3c2n1-c1ccccc1. The van der Waals surface area contributed by atoms with Gasteiger partial charge in [-0.2, -0.15) is 0 Å². The fourth-order valence-electron chi connectivity index (χ4n) is 8.32. The van der Waals surface area contributed by atoms with Crippen LogP contribution in [0.5, 0.6) is 0 Å². The van der Waals surface area contributed by atoms with Gasteiger partial charge in [0.25, 0.3) is 5.56 Å². The van der Waals surface area contributed by atoms with Crippen molar-refractivity contribution in [3.63, 3.8) is 0 Å². The van der Waals surface area contributed by atoms with E-state index in [2.05, 4.69) is 120 Å². The number of fused-ring (bicyclic) bond motifs is 10. The zero-order valence-electron chi connectivity index (χ0n) is 29.0. The van der Waals surface area contributed by atoms with E-state index in [1.165, 1.54) is 0 Å². The molecule has 3 aromatic heterocycles. The number of hydrogen-bond donors (Lipinski definition) is 0. The van der Waals surface area contributed by atoms with Crippen LogP contribution >= 0.6 is 0 Å². The lowest BCUT2D eigenvalue weighted by molar-refractivity contribution is 1.00. The van der Waals surface area contributed by atoms with Crippen molar-refractivity contribution in [2.24, 2.45) is 0 Å². The number of para-hydroxylation sites is 3. The summed E-state index contributed by atoms with van der Waals surface area (Å²) in [6.07, 6.45) is 0. The molecule has 54 heavy (non-hydrogen) atoms. The van der Waals surface area contributed by atoms with Crippen molar-refractivity contribution in [3.05, 3.63) is 192 Å². The van der Waals surface area contributed by atoms with Crippen LogP contribution in [0.25, 0.3) is 99.2 Å². The monoisotopic (exact) mass is 690 g/mol.